The Hall–Kier alpha value is -2.60. The van der Waals surface area contributed by atoms with Crippen LogP contribution in [0.1, 0.15) is 35.1 Å². The van der Waals surface area contributed by atoms with Crippen LogP contribution in [0.2, 0.25) is 0 Å². The van der Waals surface area contributed by atoms with Gasteiger partial charge in [0, 0.05) is 18.9 Å². The van der Waals surface area contributed by atoms with Gasteiger partial charge in [-0.2, -0.15) is 0 Å². The molecule has 1 amide bonds. The van der Waals surface area contributed by atoms with E-state index in [0.717, 1.165) is 24.5 Å². The molecule has 1 aliphatic heterocycles. The van der Waals surface area contributed by atoms with Crippen molar-refractivity contribution in [2.24, 2.45) is 0 Å². The number of aromatic nitrogens is 2. The van der Waals surface area contributed by atoms with E-state index >= 15 is 0 Å². The second-order valence-electron chi connectivity index (χ2n) is 6.08. The van der Waals surface area contributed by atoms with Crippen LogP contribution in [0.15, 0.2) is 53.4 Å². The minimum absolute atomic E-state index is 0.0727. The van der Waals surface area contributed by atoms with E-state index in [0.29, 0.717) is 12.2 Å². The summed E-state index contributed by atoms with van der Waals surface area (Å²) >= 11 is 0. The molecule has 4 rings (SSSR count). The van der Waals surface area contributed by atoms with E-state index in [-0.39, 0.29) is 11.9 Å². The number of carbonyl (C=O) groups is 1. The van der Waals surface area contributed by atoms with Gasteiger partial charge < -0.3 is 14.1 Å². The highest BCUT2D eigenvalue weighted by Gasteiger charge is 2.26. The van der Waals surface area contributed by atoms with Crippen molar-refractivity contribution in [1.82, 2.24) is 19.6 Å². The summed E-state index contributed by atoms with van der Waals surface area (Å²) in [5, 5.41) is 3.01. The smallest absolute Gasteiger partial charge is 0.271 e. The van der Waals surface area contributed by atoms with Crippen molar-refractivity contribution in [3.63, 3.8) is 0 Å². The molecule has 0 aromatic carbocycles. The molecule has 4 heterocycles. The third-order valence-electron chi connectivity index (χ3n) is 4.51. The number of furan rings is 1. The summed E-state index contributed by atoms with van der Waals surface area (Å²) in [6, 6.07) is 9.64. The van der Waals surface area contributed by atoms with Crippen LogP contribution >= 0.6 is 0 Å². The number of rotatable bonds is 5. The van der Waals surface area contributed by atoms with Gasteiger partial charge in [0.2, 0.25) is 0 Å². The van der Waals surface area contributed by atoms with Gasteiger partial charge in [0.1, 0.15) is 17.1 Å². The largest absolute Gasteiger partial charge is 0.468 e. The molecule has 1 atom stereocenters. The summed E-state index contributed by atoms with van der Waals surface area (Å²) in [5.41, 5.74) is 1.20. The number of hydrogen-bond donors (Lipinski definition) is 1. The number of amides is 1. The van der Waals surface area contributed by atoms with Gasteiger partial charge in [-0.05, 0) is 50.2 Å². The lowest BCUT2D eigenvalue weighted by atomic mass is 10.2. The molecule has 1 N–H and O–H groups in total. The first-order chi connectivity index (χ1) is 11.8. The van der Waals surface area contributed by atoms with Gasteiger partial charge in [-0.1, -0.05) is 6.07 Å². The highest BCUT2D eigenvalue weighted by atomic mass is 16.3. The second-order valence-corrected chi connectivity index (χ2v) is 6.08. The average molecular weight is 324 g/mol. The lowest BCUT2D eigenvalue weighted by molar-refractivity contribution is 0.0929. The standard InChI is InChI=1S/C18H20N4O2/c23-18(14-13-22-10-2-1-7-17(22)20-14)19-12-15(16-6-5-11-24-16)21-8-3-4-9-21/h1-2,5-7,10-11,13,15H,3-4,8-9,12H2,(H,19,23)/t15-/m1/s1. The Bertz CT molecular complexity index is 786. The van der Waals surface area contributed by atoms with E-state index in [1.165, 1.54) is 12.8 Å². The lowest BCUT2D eigenvalue weighted by Gasteiger charge is -2.25. The molecule has 0 spiro atoms. The van der Waals surface area contributed by atoms with E-state index in [2.05, 4.69) is 15.2 Å². The first-order valence-electron chi connectivity index (χ1n) is 8.30. The number of likely N-dealkylation sites (tertiary alicyclic amines) is 1. The molecule has 1 aliphatic rings. The van der Waals surface area contributed by atoms with Crippen molar-refractivity contribution in [3.8, 4) is 0 Å². The van der Waals surface area contributed by atoms with Gasteiger partial charge >= 0.3 is 0 Å². The molecule has 0 unspecified atom stereocenters. The minimum Gasteiger partial charge on any atom is -0.468 e. The summed E-state index contributed by atoms with van der Waals surface area (Å²) in [7, 11) is 0. The molecule has 0 radical (unpaired) electrons. The van der Waals surface area contributed by atoms with Gasteiger partial charge in [0.15, 0.2) is 0 Å². The molecule has 6 heteroatoms. The zero-order valence-corrected chi connectivity index (χ0v) is 13.4. The highest BCUT2D eigenvalue weighted by molar-refractivity contribution is 5.92. The Morgan fingerprint density at radius 3 is 2.88 bits per heavy atom. The fourth-order valence-electron chi connectivity index (χ4n) is 3.27. The summed E-state index contributed by atoms with van der Waals surface area (Å²) in [6.07, 6.45) is 7.70. The van der Waals surface area contributed by atoms with Gasteiger partial charge in [-0.15, -0.1) is 0 Å². The van der Waals surface area contributed by atoms with Crippen LogP contribution < -0.4 is 5.32 Å². The lowest BCUT2D eigenvalue weighted by Crippen LogP contribution is -2.36. The predicted molar refractivity (Wildman–Crippen MR) is 89.8 cm³/mol. The molecule has 124 valence electrons. The Kier molecular flexibility index (Phi) is 4.04. The SMILES string of the molecule is O=C(NC[C@H](c1ccco1)N1CCCC1)c1cn2ccccc2n1. The third-order valence-corrected chi connectivity index (χ3v) is 4.51. The van der Waals surface area contributed by atoms with Crippen molar-refractivity contribution in [2.45, 2.75) is 18.9 Å². The zero-order valence-electron chi connectivity index (χ0n) is 13.4. The number of pyridine rings is 1. The summed E-state index contributed by atoms with van der Waals surface area (Å²) < 4.78 is 7.43. The van der Waals surface area contributed by atoms with E-state index in [1.807, 2.05) is 40.9 Å². The Labute approximate surface area is 140 Å². The monoisotopic (exact) mass is 324 g/mol. The topological polar surface area (TPSA) is 62.8 Å². The molecule has 24 heavy (non-hydrogen) atoms. The van der Waals surface area contributed by atoms with Crippen LogP contribution in [0, 0.1) is 0 Å². The first kappa shape index (κ1) is 15.0. The van der Waals surface area contributed by atoms with Gasteiger partial charge in [-0.25, -0.2) is 4.98 Å². The number of imidazole rings is 1. The molecule has 3 aromatic rings. The van der Waals surface area contributed by atoms with Crippen LogP contribution in [-0.4, -0.2) is 39.8 Å². The normalized spacial score (nSPS) is 16.5. The molecule has 0 saturated carbocycles. The predicted octanol–water partition coefficient (Wildman–Crippen LogP) is 2.49. The van der Waals surface area contributed by atoms with Crippen LogP contribution in [0.4, 0.5) is 0 Å². The summed E-state index contributed by atoms with van der Waals surface area (Å²) in [6.45, 7) is 2.59. The van der Waals surface area contributed by atoms with Crippen molar-refractivity contribution >= 4 is 11.6 Å². The van der Waals surface area contributed by atoms with Gasteiger partial charge in [0.25, 0.3) is 5.91 Å². The minimum atomic E-state index is -0.158. The van der Waals surface area contributed by atoms with E-state index < -0.39 is 0 Å². The van der Waals surface area contributed by atoms with Crippen LogP contribution in [0.25, 0.3) is 5.65 Å². The Morgan fingerprint density at radius 2 is 2.12 bits per heavy atom. The van der Waals surface area contributed by atoms with Crippen molar-refractivity contribution in [2.75, 3.05) is 19.6 Å². The third kappa shape index (κ3) is 2.92. The average Bonchev–Trinajstić information content (AvgIpc) is 3.35. The number of nitrogens with one attached hydrogen (secondary N) is 1. The van der Waals surface area contributed by atoms with E-state index in [4.69, 9.17) is 4.42 Å². The molecule has 3 aromatic heterocycles. The van der Waals surface area contributed by atoms with Crippen molar-refractivity contribution in [1.29, 1.82) is 0 Å². The van der Waals surface area contributed by atoms with Crippen LogP contribution in [0.3, 0.4) is 0 Å². The van der Waals surface area contributed by atoms with E-state index in [1.54, 1.807) is 12.5 Å². The number of nitrogens with zero attached hydrogens (tertiary/aromatic N) is 3. The van der Waals surface area contributed by atoms with Crippen molar-refractivity contribution < 1.29 is 9.21 Å². The molecule has 1 saturated heterocycles. The first-order valence-corrected chi connectivity index (χ1v) is 8.30. The molecular formula is C18H20N4O2. The van der Waals surface area contributed by atoms with Crippen LogP contribution in [-0.2, 0) is 0 Å². The number of carbonyl (C=O) groups excluding carboxylic acids is 1. The van der Waals surface area contributed by atoms with E-state index in [9.17, 15) is 4.79 Å². The number of fused-ring (bicyclic) bond motifs is 1. The zero-order chi connectivity index (χ0) is 16.4. The fourth-order valence-corrected chi connectivity index (χ4v) is 3.27. The van der Waals surface area contributed by atoms with Crippen LogP contribution in [0.5, 0.6) is 0 Å². The maximum Gasteiger partial charge on any atom is 0.271 e. The highest BCUT2D eigenvalue weighted by Crippen LogP contribution is 2.24. The molecule has 0 aliphatic carbocycles. The number of hydrogen-bond acceptors (Lipinski definition) is 4. The van der Waals surface area contributed by atoms with Crippen molar-refractivity contribution in [3.05, 3.63) is 60.4 Å². The molecule has 1 fully saturated rings. The second kappa shape index (κ2) is 6.49. The maximum absolute atomic E-state index is 12.5. The molecule has 6 nitrogen and oxygen atoms in total. The summed E-state index contributed by atoms with van der Waals surface area (Å²) in [5.74, 6) is 0.738. The molecule has 0 bridgehead atoms. The fraction of sp³-hybridized carbons (Fsp3) is 0.333. The van der Waals surface area contributed by atoms with Gasteiger partial charge in [0.05, 0.1) is 12.3 Å². The quantitative estimate of drug-likeness (QED) is 0.783. The maximum atomic E-state index is 12.5. The Morgan fingerprint density at radius 1 is 1.25 bits per heavy atom. The van der Waals surface area contributed by atoms with Gasteiger partial charge in [-0.3, -0.25) is 9.69 Å². The summed E-state index contributed by atoms with van der Waals surface area (Å²) in [4.78, 5) is 19.2. The molecular weight excluding hydrogens is 304 g/mol. The Balaban J connectivity index is 1.48.